The Hall–Kier alpha value is -0.280. The highest BCUT2D eigenvalue weighted by molar-refractivity contribution is 6.42. The van der Waals surface area contributed by atoms with Crippen LogP contribution in [0, 0.1) is 5.92 Å². The van der Waals surface area contributed by atoms with Gasteiger partial charge >= 0.3 is 0 Å². The Bertz CT molecular complexity index is 410. The van der Waals surface area contributed by atoms with Gasteiger partial charge in [-0.15, -0.1) is 0 Å². The molecule has 1 saturated carbocycles. The number of aliphatic hydroxyl groups is 1. The first-order chi connectivity index (χ1) is 8.08. The molecule has 0 spiro atoms. The molecule has 1 aliphatic rings. The molecule has 17 heavy (non-hydrogen) atoms. The van der Waals surface area contributed by atoms with E-state index in [1.54, 1.807) is 12.1 Å². The summed E-state index contributed by atoms with van der Waals surface area (Å²) in [6, 6.07) is 5.35. The van der Waals surface area contributed by atoms with Crippen molar-refractivity contribution in [3.05, 3.63) is 33.8 Å². The summed E-state index contributed by atoms with van der Waals surface area (Å²) in [7, 11) is 0. The largest absolute Gasteiger partial charge is 0.385 e. The van der Waals surface area contributed by atoms with Crippen LogP contribution in [0.15, 0.2) is 18.2 Å². The Balaban J connectivity index is 2.37. The monoisotopic (exact) mass is 273 g/mol. The van der Waals surface area contributed by atoms with E-state index in [0.29, 0.717) is 16.6 Å². The third-order valence-corrected chi connectivity index (χ3v) is 4.48. The SMILES string of the molecule is NC[C@H]1CCCC[C@]1(O)c1ccc(Cl)c(Cl)c1. The zero-order valence-electron chi connectivity index (χ0n) is 9.63. The second-order valence-electron chi connectivity index (χ2n) is 4.73. The Kier molecular flexibility index (Phi) is 3.99. The topological polar surface area (TPSA) is 46.2 Å². The number of hydrogen-bond acceptors (Lipinski definition) is 2. The molecule has 2 nitrogen and oxygen atoms in total. The van der Waals surface area contributed by atoms with Gasteiger partial charge in [-0.2, -0.15) is 0 Å². The summed E-state index contributed by atoms with van der Waals surface area (Å²) in [5.41, 5.74) is 5.75. The van der Waals surface area contributed by atoms with E-state index in [9.17, 15) is 5.11 Å². The number of nitrogens with two attached hydrogens (primary N) is 1. The molecule has 0 aliphatic heterocycles. The Morgan fingerprint density at radius 1 is 1.29 bits per heavy atom. The van der Waals surface area contributed by atoms with E-state index in [0.717, 1.165) is 31.2 Å². The van der Waals surface area contributed by atoms with Crippen molar-refractivity contribution in [2.45, 2.75) is 31.3 Å². The molecule has 0 saturated heterocycles. The van der Waals surface area contributed by atoms with Gasteiger partial charge in [0.25, 0.3) is 0 Å². The van der Waals surface area contributed by atoms with Crippen LogP contribution in [0.5, 0.6) is 0 Å². The van der Waals surface area contributed by atoms with E-state index >= 15 is 0 Å². The highest BCUT2D eigenvalue weighted by Gasteiger charge is 2.39. The van der Waals surface area contributed by atoms with Crippen molar-refractivity contribution >= 4 is 23.2 Å². The second-order valence-corrected chi connectivity index (χ2v) is 5.55. The fourth-order valence-electron chi connectivity index (χ4n) is 2.69. The molecule has 94 valence electrons. The van der Waals surface area contributed by atoms with Gasteiger partial charge in [-0.1, -0.05) is 42.1 Å². The van der Waals surface area contributed by atoms with Crippen molar-refractivity contribution in [3.63, 3.8) is 0 Å². The van der Waals surface area contributed by atoms with Crippen LogP contribution in [0.2, 0.25) is 10.0 Å². The van der Waals surface area contributed by atoms with Gasteiger partial charge < -0.3 is 10.8 Å². The van der Waals surface area contributed by atoms with E-state index in [2.05, 4.69) is 0 Å². The molecular weight excluding hydrogens is 257 g/mol. The predicted molar refractivity (Wildman–Crippen MR) is 71.4 cm³/mol. The first kappa shape index (κ1) is 13.2. The third-order valence-electron chi connectivity index (χ3n) is 3.74. The zero-order valence-corrected chi connectivity index (χ0v) is 11.1. The van der Waals surface area contributed by atoms with Crippen molar-refractivity contribution in [1.82, 2.24) is 0 Å². The van der Waals surface area contributed by atoms with Crippen LogP contribution in [0.25, 0.3) is 0 Å². The first-order valence-corrected chi connectivity index (χ1v) is 6.71. The van der Waals surface area contributed by atoms with Gasteiger partial charge in [-0.05, 0) is 37.1 Å². The summed E-state index contributed by atoms with van der Waals surface area (Å²) in [4.78, 5) is 0. The van der Waals surface area contributed by atoms with Crippen LogP contribution in [0.1, 0.15) is 31.2 Å². The van der Waals surface area contributed by atoms with Crippen LogP contribution in [-0.4, -0.2) is 11.7 Å². The van der Waals surface area contributed by atoms with Gasteiger partial charge in [-0.25, -0.2) is 0 Å². The molecule has 4 heteroatoms. The zero-order chi connectivity index (χ0) is 12.5. The summed E-state index contributed by atoms with van der Waals surface area (Å²) >= 11 is 11.9. The second kappa shape index (κ2) is 5.15. The van der Waals surface area contributed by atoms with Crippen LogP contribution in [-0.2, 0) is 5.60 Å². The van der Waals surface area contributed by atoms with Gasteiger partial charge in [0, 0.05) is 5.92 Å². The molecule has 2 rings (SSSR count). The van der Waals surface area contributed by atoms with Gasteiger partial charge in [0.05, 0.1) is 15.6 Å². The molecule has 1 fully saturated rings. The average Bonchev–Trinajstić information content (AvgIpc) is 2.33. The van der Waals surface area contributed by atoms with E-state index in [1.807, 2.05) is 6.07 Å². The van der Waals surface area contributed by atoms with E-state index in [1.165, 1.54) is 0 Å². The standard InChI is InChI=1S/C13H17Cl2NO/c14-11-5-4-9(7-12(11)15)13(17)6-2-1-3-10(13)8-16/h4-5,7,10,17H,1-3,6,8,16H2/t10-,13+/m1/s1. The smallest absolute Gasteiger partial charge is 0.0937 e. The van der Waals surface area contributed by atoms with Gasteiger partial charge in [0.1, 0.15) is 0 Å². The molecular formula is C13H17Cl2NO. The van der Waals surface area contributed by atoms with Crippen molar-refractivity contribution in [3.8, 4) is 0 Å². The fraction of sp³-hybridized carbons (Fsp3) is 0.538. The normalized spacial score (nSPS) is 29.3. The summed E-state index contributed by atoms with van der Waals surface area (Å²) in [6.07, 6.45) is 3.86. The molecule has 0 radical (unpaired) electrons. The maximum atomic E-state index is 10.8. The molecule has 1 aliphatic carbocycles. The first-order valence-electron chi connectivity index (χ1n) is 5.96. The molecule has 1 aromatic rings. The lowest BCUT2D eigenvalue weighted by Gasteiger charge is -2.40. The van der Waals surface area contributed by atoms with E-state index < -0.39 is 5.60 Å². The number of rotatable bonds is 2. The lowest BCUT2D eigenvalue weighted by molar-refractivity contribution is -0.0506. The minimum atomic E-state index is -0.846. The third kappa shape index (κ3) is 2.45. The minimum Gasteiger partial charge on any atom is -0.385 e. The summed E-state index contributed by atoms with van der Waals surface area (Å²) < 4.78 is 0. The fourth-order valence-corrected chi connectivity index (χ4v) is 2.98. The van der Waals surface area contributed by atoms with Gasteiger partial charge in [0.15, 0.2) is 0 Å². The van der Waals surface area contributed by atoms with Crippen LogP contribution in [0.4, 0.5) is 0 Å². The van der Waals surface area contributed by atoms with Crippen molar-refractivity contribution in [2.24, 2.45) is 11.7 Å². The maximum Gasteiger partial charge on any atom is 0.0937 e. The lowest BCUT2D eigenvalue weighted by atomic mass is 9.71. The number of halogens is 2. The molecule has 0 amide bonds. The Labute approximate surface area is 112 Å². The summed E-state index contributed by atoms with van der Waals surface area (Å²) in [5, 5.41) is 11.8. The van der Waals surface area contributed by atoms with Gasteiger partial charge in [-0.3, -0.25) is 0 Å². The van der Waals surface area contributed by atoms with Crippen LogP contribution >= 0.6 is 23.2 Å². The number of benzene rings is 1. The molecule has 0 aromatic heterocycles. The van der Waals surface area contributed by atoms with Gasteiger partial charge in [0.2, 0.25) is 0 Å². The molecule has 3 N–H and O–H groups in total. The maximum absolute atomic E-state index is 10.8. The molecule has 1 aromatic carbocycles. The average molecular weight is 274 g/mol. The van der Waals surface area contributed by atoms with Crippen molar-refractivity contribution < 1.29 is 5.11 Å². The highest BCUT2D eigenvalue weighted by Crippen LogP contribution is 2.42. The number of hydrogen-bond donors (Lipinski definition) is 2. The molecule has 0 bridgehead atoms. The van der Waals surface area contributed by atoms with E-state index in [4.69, 9.17) is 28.9 Å². The quantitative estimate of drug-likeness (QED) is 0.868. The minimum absolute atomic E-state index is 0.105. The highest BCUT2D eigenvalue weighted by atomic mass is 35.5. The lowest BCUT2D eigenvalue weighted by Crippen LogP contribution is -2.41. The van der Waals surface area contributed by atoms with Crippen molar-refractivity contribution in [1.29, 1.82) is 0 Å². The van der Waals surface area contributed by atoms with Crippen LogP contribution < -0.4 is 5.73 Å². The van der Waals surface area contributed by atoms with E-state index in [-0.39, 0.29) is 5.92 Å². The van der Waals surface area contributed by atoms with Crippen molar-refractivity contribution in [2.75, 3.05) is 6.54 Å². The summed E-state index contributed by atoms with van der Waals surface area (Å²) in [5.74, 6) is 0.105. The molecule has 2 atom stereocenters. The van der Waals surface area contributed by atoms with Crippen LogP contribution in [0.3, 0.4) is 0 Å². The predicted octanol–water partition coefficient (Wildman–Crippen LogP) is 3.33. The Morgan fingerprint density at radius 3 is 2.71 bits per heavy atom. The molecule has 0 heterocycles. The molecule has 0 unspecified atom stereocenters. The summed E-state index contributed by atoms with van der Waals surface area (Å²) in [6.45, 7) is 0.497. The Morgan fingerprint density at radius 2 is 2.06 bits per heavy atom.